The Morgan fingerprint density at radius 2 is 2.10 bits per heavy atom. The molecule has 2 rings (SSSR count). The minimum Gasteiger partial charge on any atom is -0.380 e. The van der Waals surface area contributed by atoms with E-state index in [2.05, 4.69) is 9.71 Å². The predicted octanol–water partition coefficient (Wildman–Crippen LogP) is 0.879. The van der Waals surface area contributed by atoms with E-state index in [1.165, 1.54) is 0 Å². The number of hydrogen-bond acceptors (Lipinski definition) is 5. The van der Waals surface area contributed by atoms with Crippen molar-refractivity contribution < 1.29 is 13.2 Å². The quantitative estimate of drug-likeness (QED) is 0.706. The van der Waals surface area contributed by atoms with Crippen LogP contribution in [-0.2, 0) is 14.8 Å². The minimum absolute atomic E-state index is 0.269. The Morgan fingerprint density at radius 1 is 1.24 bits per heavy atom. The lowest BCUT2D eigenvalue weighted by Crippen LogP contribution is -2.26. The molecule has 0 atom stereocenters. The van der Waals surface area contributed by atoms with E-state index >= 15 is 0 Å². The zero-order valence-electron chi connectivity index (χ0n) is 11.7. The van der Waals surface area contributed by atoms with Crippen LogP contribution >= 0.6 is 0 Å². The fourth-order valence-electron chi connectivity index (χ4n) is 1.97. The summed E-state index contributed by atoms with van der Waals surface area (Å²) in [6.45, 7) is 1.77. The molecular weight excluding hydrogens is 290 g/mol. The maximum Gasteiger partial charge on any atom is 0.241 e. The van der Waals surface area contributed by atoms with Crippen LogP contribution in [0.5, 0.6) is 0 Å². The van der Waals surface area contributed by atoms with Gasteiger partial charge in [-0.3, -0.25) is 4.98 Å². The lowest BCUT2D eigenvalue weighted by Gasteiger charge is -2.09. The van der Waals surface area contributed by atoms with Crippen LogP contribution in [-0.4, -0.2) is 39.7 Å². The first-order valence-electron chi connectivity index (χ1n) is 6.75. The van der Waals surface area contributed by atoms with Gasteiger partial charge < -0.3 is 10.5 Å². The Morgan fingerprint density at radius 3 is 2.90 bits per heavy atom. The summed E-state index contributed by atoms with van der Waals surface area (Å²) in [7, 11) is -3.54. The van der Waals surface area contributed by atoms with Crippen molar-refractivity contribution in [2.45, 2.75) is 11.3 Å². The summed E-state index contributed by atoms with van der Waals surface area (Å²) >= 11 is 0. The number of sulfonamides is 1. The SMILES string of the molecule is NCCOCCCNS(=O)(=O)c1cccc2cnccc12. The average molecular weight is 309 g/mol. The van der Waals surface area contributed by atoms with Crippen LogP contribution in [0.2, 0.25) is 0 Å². The molecule has 0 bridgehead atoms. The Kier molecular flexibility index (Phi) is 5.63. The first-order valence-corrected chi connectivity index (χ1v) is 8.23. The summed E-state index contributed by atoms with van der Waals surface area (Å²) in [5.41, 5.74) is 5.30. The van der Waals surface area contributed by atoms with Gasteiger partial charge in [0, 0.05) is 42.9 Å². The van der Waals surface area contributed by atoms with Gasteiger partial charge in [-0.2, -0.15) is 0 Å². The van der Waals surface area contributed by atoms with Crippen LogP contribution in [0.15, 0.2) is 41.6 Å². The molecule has 7 heteroatoms. The summed E-state index contributed by atoms with van der Waals surface area (Å²) < 4.78 is 32.5. The Hall–Kier alpha value is -1.54. The Balaban J connectivity index is 2.05. The summed E-state index contributed by atoms with van der Waals surface area (Å²) in [4.78, 5) is 4.27. The van der Waals surface area contributed by atoms with Crippen molar-refractivity contribution in [2.24, 2.45) is 5.73 Å². The van der Waals surface area contributed by atoms with Gasteiger partial charge >= 0.3 is 0 Å². The second kappa shape index (κ2) is 7.46. The third kappa shape index (κ3) is 4.21. The molecular formula is C14H19N3O3S. The first kappa shape index (κ1) is 15.8. The third-order valence-electron chi connectivity index (χ3n) is 2.95. The largest absolute Gasteiger partial charge is 0.380 e. The standard InChI is InChI=1S/C14H19N3O3S/c15-6-10-20-9-2-7-17-21(18,19)14-4-1-3-12-11-16-8-5-13(12)14/h1,3-5,8,11,17H,2,6-7,9-10,15H2. The van der Waals surface area contributed by atoms with E-state index in [1.54, 1.807) is 30.6 Å². The monoisotopic (exact) mass is 309 g/mol. The molecule has 2 aromatic rings. The van der Waals surface area contributed by atoms with E-state index < -0.39 is 10.0 Å². The smallest absolute Gasteiger partial charge is 0.241 e. The Bertz CT molecular complexity index is 683. The molecule has 0 aliphatic heterocycles. The molecule has 1 heterocycles. The van der Waals surface area contributed by atoms with Crippen molar-refractivity contribution in [1.82, 2.24) is 9.71 Å². The van der Waals surface area contributed by atoms with Gasteiger partial charge in [-0.1, -0.05) is 12.1 Å². The minimum atomic E-state index is -3.54. The molecule has 114 valence electrons. The summed E-state index contributed by atoms with van der Waals surface area (Å²) in [5.74, 6) is 0. The van der Waals surface area contributed by atoms with E-state index in [-0.39, 0.29) is 4.90 Å². The molecule has 21 heavy (non-hydrogen) atoms. The number of nitrogens with two attached hydrogens (primary N) is 1. The zero-order valence-corrected chi connectivity index (χ0v) is 12.5. The number of rotatable bonds is 8. The first-order chi connectivity index (χ1) is 10.1. The molecule has 0 fully saturated rings. The van der Waals surface area contributed by atoms with E-state index in [1.807, 2.05) is 6.07 Å². The van der Waals surface area contributed by atoms with Crippen LogP contribution in [0.4, 0.5) is 0 Å². The molecule has 0 spiro atoms. The van der Waals surface area contributed by atoms with Gasteiger partial charge in [0.2, 0.25) is 10.0 Å². The van der Waals surface area contributed by atoms with Crippen LogP contribution in [0.1, 0.15) is 6.42 Å². The molecule has 0 amide bonds. The number of ether oxygens (including phenoxy) is 1. The van der Waals surface area contributed by atoms with E-state index in [0.29, 0.717) is 38.1 Å². The van der Waals surface area contributed by atoms with Crippen molar-refractivity contribution in [2.75, 3.05) is 26.3 Å². The molecule has 6 nitrogen and oxygen atoms in total. The summed E-state index contributed by atoms with van der Waals surface area (Å²) in [5, 5.41) is 1.46. The van der Waals surface area contributed by atoms with Crippen molar-refractivity contribution in [1.29, 1.82) is 0 Å². The predicted molar refractivity (Wildman–Crippen MR) is 81.4 cm³/mol. The number of nitrogens with one attached hydrogen (secondary N) is 1. The van der Waals surface area contributed by atoms with Crippen molar-refractivity contribution >= 4 is 20.8 Å². The van der Waals surface area contributed by atoms with E-state index in [4.69, 9.17) is 10.5 Å². The maximum absolute atomic E-state index is 12.3. The molecule has 0 saturated carbocycles. The van der Waals surface area contributed by atoms with Gasteiger partial charge in [-0.05, 0) is 18.6 Å². The summed E-state index contributed by atoms with van der Waals surface area (Å²) in [6, 6.07) is 6.84. The summed E-state index contributed by atoms with van der Waals surface area (Å²) in [6.07, 6.45) is 3.84. The highest BCUT2D eigenvalue weighted by Crippen LogP contribution is 2.21. The van der Waals surface area contributed by atoms with E-state index in [0.717, 1.165) is 5.39 Å². The normalized spacial score (nSPS) is 11.9. The van der Waals surface area contributed by atoms with Crippen LogP contribution in [0.25, 0.3) is 10.8 Å². The number of fused-ring (bicyclic) bond motifs is 1. The fourth-order valence-corrected chi connectivity index (χ4v) is 3.27. The van der Waals surface area contributed by atoms with Gasteiger partial charge in [0.15, 0.2) is 0 Å². The second-order valence-electron chi connectivity index (χ2n) is 4.51. The van der Waals surface area contributed by atoms with Gasteiger partial charge in [-0.15, -0.1) is 0 Å². The highest BCUT2D eigenvalue weighted by atomic mass is 32.2. The maximum atomic E-state index is 12.3. The van der Waals surface area contributed by atoms with Crippen molar-refractivity contribution in [3.05, 3.63) is 36.7 Å². The number of aromatic nitrogens is 1. The molecule has 1 aromatic heterocycles. The molecule has 0 saturated heterocycles. The molecule has 0 unspecified atom stereocenters. The van der Waals surface area contributed by atoms with Crippen molar-refractivity contribution in [3.63, 3.8) is 0 Å². The molecule has 1 aromatic carbocycles. The average Bonchev–Trinajstić information content (AvgIpc) is 2.50. The lowest BCUT2D eigenvalue weighted by atomic mass is 10.2. The lowest BCUT2D eigenvalue weighted by molar-refractivity contribution is 0.140. The van der Waals surface area contributed by atoms with Gasteiger partial charge in [0.05, 0.1) is 11.5 Å². The number of pyridine rings is 1. The highest BCUT2D eigenvalue weighted by Gasteiger charge is 2.16. The Labute approximate surface area is 124 Å². The third-order valence-corrected chi connectivity index (χ3v) is 4.47. The van der Waals surface area contributed by atoms with Crippen LogP contribution < -0.4 is 10.5 Å². The molecule has 3 N–H and O–H groups in total. The van der Waals surface area contributed by atoms with Gasteiger partial charge in [-0.25, -0.2) is 13.1 Å². The number of hydrogen-bond donors (Lipinski definition) is 2. The molecule has 0 aliphatic carbocycles. The highest BCUT2D eigenvalue weighted by molar-refractivity contribution is 7.89. The topological polar surface area (TPSA) is 94.3 Å². The van der Waals surface area contributed by atoms with Gasteiger partial charge in [0.1, 0.15) is 0 Å². The number of nitrogens with zero attached hydrogens (tertiary/aromatic N) is 1. The fraction of sp³-hybridized carbons (Fsp3) is 0.357. The van der Waals surface area contributed by atoms with Crippen molar-refractivity contribution in [3.8, 4) is 0 Å². The molecule has 0 aliphatic rings. The van der Waals surface area contributed by atoms with Crippen LogP contribution in [0.3, 0.4) is 0 Å². The van der Waals surface area contributed by atoms with Crippen LogP contribution in [0, 0.1) is 0 Å². The second-order valence-corrected chi connectivity index (χ2v) is 6.24. The van der Waals surface area contributed by atoms with E-state index in [9.17, 15) is 8.42 Å². The number of benzene rings is 1. The molecule has 0 radical (unpaired) electrons. The zero-order chi connectivity index (χ0) is 15.1. The van der Waals surface area contributed by atoms with Gasteiger partial charge in [0.25, 0.3) is 0 Å².